The minimum atomic E-state index is -0.0406. The van der Waals surface area contributed by atoms with Gasteiger partial charge in [-0.25, -0.2) is 5.43 Å². The van der Waals surface area contributed by atoms with Gasteiger partial charge in [0.15, 0.2) is 0 Å². The predicted molar refractivity (Wildman–Crippen MR) is 47.3 cm³/mol. The van der Waals surface area contributed by atoms with Gasteiger partial charge in [-0.3, -0.25) is 5.41 Å². The van der Waals surface area contributed by atoms with E-state index in [9.17, 15) is 0 Å². The lowest BCUT2D eigenvalue weighted by Gasteiger charge is -2.16. The lowest BCUT2D eigenvalue weighted by molar-refractivity contribution is 0.568. The third-order valence-corrected chi connectivity index (χ3v) is 2.31. The fourth-order valence-corrected chi connectivity index (χ4v) is 1.65. The van der Waals surface area contributed by atoms with Crippen molar-refractivity contribution in [2.45, 2.75) is 12.5 Å². The summed E-state index contributed by atoms with van der Waals surface area (Å²) >= 11 is 0. The summed E-state index contributed by atoms with van der Waals surface area (Å²) in [5.74, 6) is 0.527. The molecule has 1 fully saturated rings. The van der Waals surface area contributed by atoms with E-state index >= 15 is 0 Å². The van der Waals surface area contributed by atoms with Gasteiger partial charge < -0.3 is 11.2 Å². The summed E-state index contributed by atoms with van der Waals surface area (Å²) in [6.07, 6.45) is 7.09. The summed E-state index contributed by atoms with van der Waals surface area (Å²) < 4.78 is 0. The second-order valence-corrected chi connectivity index (χ2v) is 3.09. The Kier molecular flexibility index (Phi) is 1.62. The Morgan fingerprint density at radius 3 is 3.25 bits per heavy atom. The molecule has 1 aliphatic heterocycles. The molecule has 2 atom stereocenters. The fourth-order valence-electron chi connectivity index (χ4n) is 1.65. The molecule has 1 aliphatic carbocycles. The van der Waals surface area contributed by atoms with Crippen LogP contribution in [0.2, 0.25) is 0 Å². The number of hydrazine groups is 1. The number of amidine groups is 1. The normalized spacial score (nSPS) is 32.2. The third-order valence-electron chi connectivity index (χ3n) is 2.31. The van der Waals surface area contributed by atoms with Gasteiger partial charge in [0.1, 0.15) is 5.84 Å². The average Bonchev–Trinajstić information content (AvgIpc) is 2.47. The first-order valence-corrected chi connectivity index (χ1v) is 4.01. The smallest absolute Gasteiger partial charge is 0.111 e. The Labute approximate surface area is 71.0 Å². The predicted octanol–water partition coefficient (Wildman–Crippen LogP) is -0.141. The number of fused-ring (bicyclic) bond motifs is 1. The highest BCUT2D eigenvalue weighted by atomic mass is 15.4. The SMILES string of the molecule is N=C(N)C1NNC2=CC=CCC21. The summed E-state index contributed by atoms with van der Waals surface area (Å²) in [6, 6.07) is -0.0406. The molecule has 0 amide bonds. The van der Waals surface area contributed by atoms with Crippen LogP contribution >= 0.6 is 0 Å². The number of hydrogen-bond acceptors (Lipinski definition) is 3. The molecule has 0 bridgehead atoms. The Hall–Kier alpha value is -1.29. The van der Waals surface area contributed by atoms with Crippen molar-refractivity contribution in [3.05, 3.63) is 23.9 Å². The summed E-state index contributed by atoms with van der Waals surface area (Å²) in [5, 5.41) is 7.34. The Morgan fingerprint density at radius 2 is 2.50 bits per heavy atom. The van der Waals surface area contributed by atoms with Crippen molar-refractivity contribution in [2.75, 3.05) is 0 Å². The monoisotopic (exact) mass is 164 g/mol. The molecule has 0 aromatic heterocycles. The first-order chi connectivity index (χ1) is 5.79. The molecular weight excluding hydrogens is 152 g/mol. The van der Waals surface area contributed by atoms with Crippen molar-refractivity contribution in [1.29, 1.82) is 5.41 Å². The van der Waals surface area contributed by atoms with E-state index in [0.29, 0.717) is 5.92 Å². The quantitative estimate of drug-likeness (QED) is 0.322. The standard InChI is InChI=1S/C8H12N4/c9-8(10)7-5-3-1-2-4-6(5)11-12-7/h1-2,4-5,7,11-12H,3H2,(H3,9,10). The zero-order chi connectivity index (χ0) is 8.55. The van der Waals surface area contributed by atoms with Crippen LogP contribution in [0.3, 0.4) is 0 Å². The molecule has 2 rings (SSSR count). The maximum atomic E-state index is 7.34. The molecule has 0 saturated carbocycles. The number of rotatable bonds is 1. The Balaban J connectivity index is 2.20. The van der Waals surface area contributed by atoms with Gasteiger partial charge in [-0.15, -0.1) is 0 Å². The Morgan fingerprint density at radius 1 is 1.67 bits per heavy atom. The van der Waals surface area contributed by atoms with Gasteiger partial charge in [-0.2, -0.15) is 0 Å². The zero-order valence-electron chi connectivity index (χ0n) is 6.67. The van der Waals surface area contributed by atoms with Crippen LogP contribution in [0.15, 0.2) is 23.9 Å². The van der Waals surface area contributed by atoms with Gasteiger partial charge in [0.25, 0.3) is 0 Å². The van der Waals surface area contributed by atoms with E-state index in [0.717, 1.165) is 12.1 Å². The maximum Gasteiger partial charge on any atom is 0.111 e. The van der Waals surface area contributed by atoms with Gasteiger partial charge in [0.2, 0.25) is 0 Å². The fraction of sp³-hybridized carbons (Fsp3) is 0.375. The molecular formula is C8H12N4. The molecule has 1 saturated heterocycles. The molecule has 2 aliphatic rings. The van der Waals surface area contributed by atoms with Crippen LogP contribution in [-0.2, 0) is 0 Å². The van der Waals surface area contributed by atoms with Crippen molar-refractivity contribution >= 4 is 5.84 Å². The summed E-state index contributed by atoms with van der Waals surface area (Å²) in [6.45, 7) is 0. The number of allylic oxidation sites excluding steroid dienone is 3. The van der Waals surface area contributed by atoms with Crippen LogP contribution in [0.4, 0.5) is 0 Å². The number of hydrogen-bond donors (Lipinski definition) is 4. The van der Waals surface area contributed by atoms with Gasteiger partial charge in [0.05, 0.1) is 6.04 Å². The van der Waals surface area contributed by atoms with E-state index in [1.54, 1.807) is 0 Å². The molecule has 4 nitrogen and oxygen atoms in total. The molecule has 0 aromatic rings. The van der Waals surface area contributed by atoms with Crippen LogP contribution in [0.1, 0.15) is 6.42 Å². The van der Waals surface area contributed by atoms with Gasteiger partial charge in [0, 0.05) is 11.6 Å². The van der Waals surface area contributed by atoms with E-state index < -0.39 is 0 Å². The highest BCUT2D eigenvalue weighted by Crippen LogP contribution is 2.25. The molecule has 12 heavy (non-hydrogen) atoms. The summed E-state index contributed by atoms with van der Waals surface area (Å²) in [5.41, 5.74) is 12.6. The van der Waals surface area contributed by atoms with E-state index in [4.69, 9.17) is 11.1 Å². The first-order valence-electron chi connectivity index (χ1n) is 4.01. The minimum Gasteiger partial charge on any atom is -0.386 e. The highest BCUT2D eigenvalue weighted by Gasteiger charge is 2.32. The summed E-state index contributed by atoms with van der Waals surface area (Å²) in [4.78, 5) is 0. The molecule has 2 unspecified atom stereocenters. The Bertz CT molecular complexity index is 266. The van der Waals surface area contributed by atoms with Crippen LogP contribution in [0, 0.1) is 11.3 Å². The van der Waals surface area contributed by atoms with Gasteiger partial charge in [-0.1, -0.05) is 12.2 Å². The lowest BCUT2D eigenvalue weighted by Crippen LogP contribution is -2.42. The summed E-state index contributed by atoms with van der Waals surface area (Å²) in [7, 11) is 0. The third kappa shape index (κ3) is 1.00. The first kappa shape index (κ1) is 7.36. The van der Waals surface area contributed by atoms with Crippen molar-refractivity contribution in [3.63, 3.8) is 0 Å². The molecule has 64 valence electrons. The van der Waals surface area contributed by atoms with Crippen molar-refractivity contribution < 1.29 is 0 Å². The van der Waals surface area contributed by atoms with Crippen molar-refractivity contribution in [3.8, 4) is 0 Å². The molecule has 0 radical (unpaired) electrons. The average molecular weight is 164 g/mol. The number of nitrogens with two attached hydrogens (primary N) is 1. The second-order valence-electron chi connectivity index (χ2n) is 3.09. The van der Waals surface area contributed by atoms with Gasteiger partial charge >= 0.3 is 0 Å². The van der Waals surface area contributed by atoms with E-state index in [2.05, 4.69) is 16.9 Å². The molecule has 5 N–H and O–H groups in total. The minimum absolute atomic E-state index is 0.0406. The van der Waals surface area contributed by atoms with Crippen LogP contribution in [-0.4, -0.2) is 11.9 Å². The second kappa shape index (κ2) is 2.64. The molecule has 0 aromatic carbocycles. The topological polar surface area (TPSA) is 73.9 Å². The van der Waals surface area contributed by atoms with Crippen molar-refractivity contribution in [1.82, 2.24) is 10.9 Å². The molecule has 4 heteroatoms. The highest BCUT2D eigenvalue weighted by molar-refractivity contribution is 5.84. The van der Waals surface area contributed by atoms with Crippen LogP contribution < -0.4 is 16.6 Å². The van der Waals surface area contributed by atoms with E-state index in [-0.39, 0.29) is 11.9 Å². The zero-order valence-corrected chi connectivity index (χ0v) is 6.67. The van der Waals surface area contributed by atoms with Gasteiger partial charge in [-0.05, 0) is 12.5 Å². The molecule has 1 heterocycles. The van der Waals surface area contributed by atoms with E-state index in [1.165, 1.54) is 0 Å². The maximum absolute atomic E-state index is 7.34. The molecule has 0 spiro atoms. The van der Waals surface area contributed by atoms with Crippen LogP contribution in [0.5, 0.6) is 0 Å². The van der Waals surface area contributed by atoms with Crippen molar-refractivity contribution in [2.24, 2.45) is 11.7 Å². The number of nitrogens with one attached hydrogen (secondary N) is 3. The lowest BCUT2D eigenvalue weighted by atomic mass is 9.91. The van der Waals surface area contributed by atoms with E-state index in [1.807, 2.05) is 12.2 Å². The van der Waals surface area contributed by atoms with Crippen LogP contribution in [0.25, 0.3) is 0 Å². The largest absolute Gasteiger partial charge is 0.386 e.